The molecule has 2 heteroatoms. The summed E-state index contributed by atoms with van der Waals surface area (Å²) in [5.74, 6) is 0.928. The van der Waals surface area contributed by atoms with Crippen molar-refractivity contribution < 1.29 is 4.74 Å². The third-order valence-electron chi connectivity index (χ3n) is 2.03. The molecule has 1 heterocycles. The van der Waals surface area contributed by atoms with Crippen LogP contribution >= 0.6 is 0 Å². The Labute approximate surface area is 66.0 Å². The second kappa shape index (κ2) is 1.98. The van der Waals surface area contributed by atoms with E-state index in [1.165, 1.54) is 0 Å². The molecule has 2 rings (SSSR count). The smallest absolute Gasteiger partial charge is 0.124 e. The minimum Gasteiger partial charge on any atom is -0.491 e. The molecule has 0 spiro atoms. The summed E-state index contributed by atoms with van der Waals surface area (Å²) in [4.78, 5) is 0. The lowest BCUT2D eigenvalue weighted by atomic mass is 9.96. The molecule has 0 aromatic heterocycles. The Morgan fingerprint density at radius 3 is 2.91 bits per heavy atom. The maximum Gasteiger partial charge on any atom is 0.124 e. The van der Waals surface area contributed by atoms with Crippen molar-refractivity contribution >= 4 is 0 Å². The Hall–Kier alpha value is -1.02. The summed E-state index contributed by atoms with van der Waals surface area (Å²) in [6.45, 7) is 2.57. The third-order valence-corrected chi connectivity index (χ3v) is 2.03. The average molecular weight is 149 g/mol. The van der Waals surface area contributed by atoms with E-state index in [1.807, 2.05) is 31.2 Å². The van der Waals surface area contributed by atoms with Crippen molar-refractivity contribution in [3.8, 4) is 5.75 Å². The van der Waals surface area contributed by atoms with Crippen molar-refractivity contribution in [1.82, 2.24) is 0 Å². The molecule has 1 aromatic rings. The summed E-state index contributed by atoms with van der Waals surface area (Å²) in [5, 5.41) is 0. The minimum atomic E-state index is -0.295. The molecule has 11 heavy (non-hydrogen) atoms. The van der Waals surface area contributed by atoms with Crippen molar-refractivity contribution in [2.24, 2.45) is 5.73 Å². The van der Waals surface area contributed by atoms with E-state index < -0.39 is 0 Å². The second-order valence-electron chi connectivity index (χ2n) is 3.20. The van der Waals surface area contributed by atoms with Crippen molar-refractivity contribution in [1.29, 1.82) is 0 Å². The van der Waals surface area contributed by atoms with Gasteiger partial charge in [-0.25, -0.2) is 0 Å². The normalized spacial score (nSPS) is 27.8. The molecule has 0 amide bonds. The zero-order valence-corrected chi connectivity index (χ0v) is 6.50. The molecule has 1 unspecified atom stereocenters. The number of benzene rings is 1. The van der Waals surface area contributed by atoms with Crippen LogP contribution in [0.25, 0.3) is 0 Å². The van der Waals surface area contributed by atoms with Crippen LogP contribution in [-0.2, 0) is 5.54 Å². The number of para-hydroxylation sites is 1. The van der Waals surface area contributed by atoms with E-state index >= 15 is 0 Å². The molecule has 0 aliphatic carbocycles. The van der Waals surface area contributed by atoms with Gasteiger partial charge in [-0.1, -0.05) is 18.2 Å². The number of ether oxygens (including phenoxy) is 1. The van der Waals surface area contributed by atoms with E-state index in [4.69, 9.17) is 10.5 Å². The second-order valence-corrected chi connectivity index (χ2v) is 3.20. The number of nitrogens with two attached hydrogens (primary N) is 1. The predicted molar refractivity (Wildman–Crippen MR) is 43.5 cm³/mol. The van der Waals surface area contributed by atoms with Gasteiger partial charge in [-0.15, -0.1) is 0 Å². The van der Waals surface area contributed by atoms with Gasteiger partial charge in [-0.05, 0) is 13.0 Å². The van der Waals surface area contributed by atoms with Gasteiger partial charge >= 0.3 is 0 Å². The zero-order chi connectivity index (χ0) is 7.90. The van der Waals surface area contributed by atoms with E-state index in [2.05, 4.69) is 0 Å². The van der Waals surface area contributed by atoms with Crippen molar-refractivity contribution in [2.75, 3.05) is 6.61 Å². The van der Waals surface area contributed by atoms with Crippen LogP contribution in [0.15, 0.2) is 24.3 Å². The Balaban J connectivity index is 2.56. The highest BCUT2D eigenvalue weighted by Gasteiger charge is 2.31. The lowest BCUT2D eigenvalue weighted by molar-refractivity contribution is 0.283. The molecule has 0 saturated heterocycles. The van der Waals surface area contributed by atoms with Gasteiger partial charge in [0.05, 0.1) is 5.54 Å². The Kier molecular flexibility index (Phi) is 1.20. The fourth-order valence-corrected chi connectivity index (χ4v) is 1.37. The van der Waals surface area contributed by atoms with E-state index in [0.717, 1.165) is 11.3 Å². The molecule has 0 saturated carbocycles. The topological polar surface area (TPSA) is 35.2 Å². The first-order valence-corrected chi connectivity index (χ1v) is 3.71. The van der Waals surface area contributed by atoms with Gasteiger partial charge in [0.15, 0.2) is 0 Å². The predicted octanol–water partition coefficient (Wildman–Crippen LogP) is 1.25. The minimum absolute atomic E-state index is 0.295. The summed E-state index contributed by atoms with van der Waals surface area (Å²) in [7, 11) is 0. The summed E-state index contributed by atoms with van der Waals surface area (Å²) < 4.78 is 5.39. The first-order valence-electron chi connectivity index (χ1n) is 3.71. The molecule has 2 N–H and O–H groups in total. The van der Waals surface area contributed by atoms with Crippen molar-refractivity contribution in [3.63, 3.8) is 0 Å². The lowest BCUT2D eigenvalue weighted by Gasteiger charge is -2.14. The van der Waals surface area contributed by atoms with E-state index in [1.54, 1.807) is 0 Å². The number of fused-ring (bicyclic) bond motifs is 1. The maximum absolute atomic E-state index is 5.96. The molecule has 2 nitrogen and oxygen atoms in total. The van der Waals surface area contributed by atoms with E-state index in [-0.39, 0.29) is 5.54 Å². The van der Waals surface area contributed by atoms with Gasteiger partial charge in [0.25, 0.3) is 0 Å². The van der Waals surface area contributed by atoms with Crippen LogP contribution in [0.1, 0.15) is 12.5 Å². The fraction of sp³-hybridized carbons (Fsp3) is 0.333. The van der Waals surface area contributed by atoms with Gasteiger partial charge < -0.3 is 10.5 Å². The van der Waals surface area contributed by atoms with Crippen molar-refractivity contribution in [3.05, 3.63) is 29.8 Å². The maximum atomic E-state index is 5.96. The quantitative estimate of drug-likeness (QED) is 0.602. The molecule has 0 bridgehead atoms. The number of hydrogen-bond acceptors (Lipinski definition) is 2. The van der Waals surface area contributed by atoms with Gasteiger partial charge in [-0.2, -0.15) is 0 Å². The van der Waals surface area contributed by atoms with E-state index in [9.17, 15) is 0 Å². The highest BCUT2D eigenvalue weighted by atomic mass is 16.5. The highest BCUT2D eigenvalue weighted by molar-refractivity contribution is 5.41. The molecular weight excluding hydrogens is 138 g/mol. The summed E-state index contributed by atoms with van der Waals surface area (Å²) in [6, 6.07) is 7.91. The van der Waals surface area contributed by atoms with Crippen LogP contribution in [0, 0.1) is 0 Å². The Morgan fingerprint density at radius 1 is 1.45 bits per heavy atom. The third kappa shape index (κ3) is 0.906. The van der Waals surface area contributed by atoms with Gasteiger partial charge in [0.2, 0.25) is 0 Å². The number of hydrogen-bond donors (Lipinski definition) is 1. The first-order chi connectivity index (χ1) is 5.20. The molecule has 58 valence electrons. The fourth-order valence-electron chi connectivity index (χ4n) is 1.37. The largest absolute Gasteiger partial charge is 0.491 e. The summed E-state index contributed by atoms with van der Waals surface area (Å²) >= 11 is 0. The van der Waals surface area contributed by atoms with Gasteiger partial charge in [-0.3, -0.25) is 0 Å². The van der Waals surface area contributed by atoms with Gasteiger partial charge in [0.1, 0.15) is 12.4 Å². The average Bonchev–Trinajstić information content (AvgIpc) is 2.29. The Bertz CT molecular complexity index is 281. The lowest BCUT2D eigenvalue weighted by Crippen LogP contribution is -2.34. The molecule has 1 aliphatic heterocycles. The van der Waals surface area contributed by atoms with Crippen LogP contribution in [0.4, 0.5) is 0 Å². The SMILES string of the molecule is CC1(N)COc2ccccc21. The van der Waals surface area contributed by atoms with Crippen LogP contribution < -0.4 is 10.5 Å². The molecule has 0 radical (unpaired) electrons. The molecular formula is C9H11NO. The summed E-state index contributed by atoms with van der Waals surface area (Å²) in [5.41, 5.74) is 6.78. The molecule has 1 atom stereocenters. The molecule has 1 aromatic carbocycles. The summed E-state index contributed by atoms with van der Waals surface area (Å²) in [6.07, 6.45) is 0. The monoisotopic (exact) mass is 149 g/mol. The molecule has 0 fully saturated rings. The Morgan fingerprint density at radius 2 is 2.18 bits per heavy atom. The van der Waals surface area contributed by atoms with E-state index in [0.29, 0.717) is 6.61 Å². The zero-order valence-electron chi connectivity index (χ0n) is 6.50. The van der Waals surface area contributed by atoms with Crippen LogP contribution in [0.2, 0.25) is 0 Å². The number of rotatable bonds is 0. The van der Waals surface area contributed by atoms with Crippen molar-refractivity contribution in [2.45, 2.75) is 12.5 Å². The van der Waals surface area contributed by atoms with Crippen LogP contribution in [-0.4, -0.2) is 6.61 Å². The molecule has 1 aliphatic rings. The van der Waals surface area contributed by atoms with Crippen LogP contribution in [0.3, 0.4) is 0 Å². The standard InChI is InChI=1S/C9H11NO/c1-9(10)6-11-8-5-3-2-4-7(8)9/h2-5H,6,10H2,1H3. The van der Waals surface area contributed by atoms with Gasteiger partial charge in [0, 0.05) is 5.56 Å². The van der Waals surface area contributed by atoms with Crippen LogP contribution in [0.5, 0.6) is 5.75 Å². The highest BCUT2D eigenvalue weighted by Crippen LogP contribution is 2.34. The first kappa shape index (κ1) is 6.68.